The molecule has 0 aliphatic heterocycles. The van der Waals surface area contributed by atoms with Gasteiger partial charge in [-0.2, -0.15) is 0 Å². The SMILES string of the molecule is Cc1ccc(OCC(C)NC(=O)Cc2csc(N)n2)cc1. The van der Waals surface area contributed by atoms with Gasteiger partial charge in [-0.15, -0.1) is 11.3 Å². The van der Waals surface area contributed by atoms with Crippen molar-refractivity contribution in [3.63, 3.8) is 0 Å². The molecule has 5 nitrogen and oxygen atoms in total. The van der Waals surface area contributed by atoms with Gasteiger partial charge in [-0.1, -0.05) is 17.7 Å². The third-order valence-electron chi connectivity index (χ3n) is 2.84. The van der Waals surface area contributed by atoms with Crippen LogP contribution in [0.2, 0.25) is 0 Å². The van der Waals surface area contributed by atoms with Crippen LogP contribution in [0, 0.1) is 6.92 Å². The predicted molar refractivity (Wildman–Crippen MR) is 84.5 cm³/mol. The first-order valence-corrected chi connectivity index (χ1v) is 7.59. The molecule has 1 heterocycles. The van der Waals surface area contributed by atoms with Gasteiger partial charge in [-0.3, -0.25) is 4.79 Å². The Kier molecular flexibility index (Phi) is 5.16. The van der Waals surface area contributed by atoms with Crippen LogP contribution < -0.4 is 15.8 Å². The summed E-state index contributed by atoms with van der Waals surface area (Å²) in [6.07, 6.45) is 0.239. The molecule has 0 saturated heterocycles. The summed E-state index contributed by atoms with van der Waals surface area (Å²) < 4.78 is 5.63. The summed E-state index contributed by atoms with van der Waals surface area (Å²) in [7, 11) is 0. The van der Waals surface area contributed by atoms with E-state index in [1.165, 1.54) is 16.9 Å². The van der Waals surface area contributed by atoms with E-state index in [-0.39, 0.29) is 18.4 Å². The minimum Gasteiger partial charge on any atom is -0.491 e. The Morgan fingerprint density at radius 1 is 1.43 bits per heavy atom. The van der Waals surface area contributed by atoms with Crippen LogP contribution in [-0.2, 0) is 11.2 Å². The molecule has 3 N–H and O–H groups in total. The molecule has 0 aliphatic carbocycles. The summed E-state index contributed by atoms with van der Waals surface area (Å²) in [5.41, 5.74) is 7.42. The van der Waals surface area contributed by atoms with E-state index in [9.17, 15) is 4.79 Å². The van der Waals surface area contributed by atoms with Crippen LogP contribution in [0.1, 0.15) is 18.2 Å². The lowest BCUT2D eigenvalue weighted by molar-refractivity contribution is -0.121. The maximum Gasteiger partial charge on any atom is 0.226 e. The fourth-order valence-corrected chi connectivity index (χ4v) is 2.35. The Balaban J connectivity index is 1.74. The van der Waals surface area contributed by atoms with Crippen molar-refractivity contribution in [3.8, 4) is 5.75 Å². The van der Waals surface area contributed by atoms with Gasteiger partial charge in [0.15, 0.2) is 5.13 Å². The highest BCUT2D eigenvalue weighted by Gasteiger charge is 2.10. The van der Waals surface area contributed by atoms with Crippen molar-refractivity contribution in [3.05, 3.63) is 40.9 Å². The molecule has 2 aromatic rings. The number of hydrogen-bond donors (Lipinski definition) is 2. The number of nitrogens with one attached hydrogen (secondary N) is 1. The highest BCUT2D eigenvalue weighted by atomic mass is 32.1. The minimum atomic E-state index is -0.0830. The molecular formula is C15H19N3O2S. The van der Waals surface area contributed by atoms with Crippen LogP contribution in [0.5, 0.6) is 5.75 Å². The summed E-state index contributed by atoms with van der Waals surface area (Å²) in [6, 6.07) is 7.75. The van der Waals surface area contributed by atoms with Crippen LogP contribution in [0.15, 0.2) is 29.6 Å². The molecule has 6 heteroatoms. The van der Waals surface area contributed by atoms with Crippen LogP contribution in [0.4, 0.5) is 5.13 Å². The van der Waals surface area contributed by atoms with Crippen LogP contribution in [0.3, 0.4) is 0 Å². The number of rotatable bonds is 6. The molecule has 1 aromatic carbocycles. The van der Waals surface area contributed by atoms with Gasteiger partial charge in [0.05, 0.1) is 18.2 Å². The van der Waals surface area contributed by atoms with Crippen molar-refractivity contribution in [1.82, 2.24) is 10.3 Å². The molecule has 0 radical (unpaired) electrons. The fourth-order valence-electron chi connectivity index (χ4n) is 1.79. The molecule has 112 valence electrons. The van der Waals surface area contributed by atoms with Crippen molar-refractivity contribution in [1.29, 1.82) is 0 Å². The summed E-state index contributed by atoms with van der Waals surface area (Å²) in [5, 5.41) is 5.15. The van der Waals surface area contributed by atoms with Gasteiger partial charge in [0.1, 0.15) is 12.4 Å². The van der Waals surface area contributed by atoms with Crippen molar-refractivity contribution < 1.29 is 9.53 Å². The lowest BCUT2D eigenvalue weighted by Gasteiger charge is -2.14. The number of benzene rings is 1. The topological polar surface area (TPSA) is 77.2 Å². The number of nitrogens with two attached hydrogens (primary N) is 1. The van der Waals surface area contributed by atoms with Gasteiger partial charge in [0.25, 0.3) is 0 Å². The van der Waals surface area contributed by atoms with Gasteiger partial charge in [0.2, 0.25) is 5.91 Å². The van der Waals surface area contributed by atoms with E-state index in [1.807, 2.05) is 38.1 Å². The minimum absolute atomic E-state index is 0.0743. The first-order valence-electron chi connectivity index (χ1n) is 6.71. The van der Waals surface area contributed by atoms with E-state index in [0.29, 0.717) is 17.4 Å². The second kappa shape index (κ2) is 7.08. The molecule has 1 atom stereocenters. The second-order valence-electron chi connectivity index (χ2n) is 4.95. The van der Waals surface area contributed by atoms with E-state index in [4.69, 9.17) is 10.5 Å². The lowest BCUT2D eigenvalue weighted by atomic mass is 10.2. The maximum atomic E-state index is 11.8. The maximum absolute atomic E-state index is 11.8. The molecule has 1 unspecified atom stereocenters. The summed E-state index contributed by atoms with van der Waals surface area (Å²) in [5.74, 6) is 0.717. The number of nitrogen functional groups attached to an aromatic ring is 1. The van der Waals surface area contributed by atoms with Crippen molar-refractivity contribution in [2.45, 2.75) is 26.3 Å². The zero-order chi connectivity index (χ0) is 15.2. The highest BCUT2D eigenvalue weighted by molar-refractivity contribution is 7.13. The summed E-state index contributed by atoms with van der Waals surface area (Å²) in [6.45, 7) is 4.35. The molecular weight excluding hydrogens is 286 g/mol. The number of hydrogen-bond acceptors (Lipinski definition) is 5. The Morgan fingerprint density at radius 2 is 2.14 bits per heavy atom. The zero-order valence-corrected chi connectivity index (χ0v) is 12.9. The molecule has 0 spiro atoms. The number of anilines is 1. The Bertz CT molecular complexity index is 595. The van der Waals surface area contributed by atoms with E-state index in [1.54, 1.807) is 5.38 Å². The average Bonchev–Trinajstić information content (AvgIpc) is 2.83. The second-order valence-corrected chi connectivity index (χ2v) is 5.84. The lowest BCUT2D eigenvalue weighted by Crippen LogP contribution is -2.37. The number of thiazole rings is 1. The molecule has 0 saturated carbocycles. The third-order valence-corrected chi connectivity index (χ3v) is 3.56. The van der Waals surface area contributed by atoms with Gasteiger partial charge >= 0.3 is 0 Å². The van der Waals surface area contributed by atoms with Gasteiger partial charge in [-0.25, -0.2) is 4.98 Å². The smallest absolute Gasteiger partial charge is 0.226 e. The molecule has 0 fully saturated rings. The number of amides is 1. The number of carbonyl (C=O) groups excluding carboxylic acids is 1. The van der Waals surface area contributed by atoms with Gasteiger partial charge in [0, 0.05) is 5.38 Å². The van der Waals surface area contributed by atoms with Crippen molar-refractivity contribution >= 4 is 22.4 Å². The Hall–Kier alpha value is -2.08. The summed E-state index contributed by atoms with van der Waals surface area (Å²) in [4.78, 5) is 15.9. The van der Waals surface area contributed by atoms with E-state index < -0.39 is 0 Å². The predicted octanol–water partition coefficient (Wildman–Crippen LogP) is 2.16. The van der Waals surface area contributed by atoms with Crippen LogP contribution >= 0.6 is 11.3 Å². The number of aromatic nitrogens is 1. The average molecular weight is 305 g/mol. The van der Waals surface area contributed by atoms with Gasteiger partial charge < -0.3 is 15.8 Å². The van der Waals surface area contributed by atoms with E-state index >= 15 is 0 Å². The molecule has 0 bridgehead atoms. The van der Waals surface area contributed by atoms with E-state index in [2.05, 4.69) is 10.3 Å². The van der Waals surface area contributed by atoms with E-state index in [0.717, 1.165) is 5.75 Å². The van der Waals surface area contributed by atoms with Gasteiger partial charge in [-0.05, 0) is 26.0 Å². The fraction of sp³-hybridized carbons (Fsp3) is 0.333. The first kappa shape index (κ1) is 15.3. The normalized spacial score (nSPS) is 11.9. The molecule has 1 aromatic heterocycles. The highest BCUT2D eigenvalue weighted by Crippen LogP contribution is 2.12. The largest absolute Gasteiger partial charge is 0.491 e. The number of nitrogens with zero attached hydrogens (tertiary/aromatic N) is 1. The standard InChI is InChI=1S/C15H19N3O2S/c1-10-3-5-13(6-4-10)20-8-11(2)17-14(19)7-12-9-21-15(16)18-12/h3-6,9,11H,7-8H2,1-2H3,(H2,16,18)(H,17,19). The summed E-state index contributed by atoms with van der Waals surface area (Å²) >= 11 is 1.34. The Morgan fingerprint density at radius 3 is 2.76 bits per heavy atom. The van der Waals surface area contributed by atoms with Crippen molar-refractivity contribution in [2.75, 3.05) is 12.3 Å². The molecule has 21 heavy (non-hydrogen) atoms. The molecule has 2 rings (SSSR count). The van der Waals surface area contributed by atoms with Crippen LogP contribution in [-0.4, -0.2) is 23.5 Å². The zero-order valence-electron chi connectivity index (χ0n) is 12.1. The quantitative estimate of drug-likeness (QED) is 0.857. The molecule has 1 amide bonds. The molecule has 0 aliphatic rings. The Labute approximate surface area is 128 Å². The van der Waals surface area contributed by atoms with Crippen molar-refractivity contribution in [2.24, 2.45) is 0 Å². The first-order chi connectivity index (χ1) is 10.0. The monoisotopic (exact) mass is 305 g/mol. The number of ether oxygens (including phenoxy) is 1. The number of carbonyl (C=O) groups is 1. The number of aryl methyl sites for hydroxylation is 1. The third kappa shape index (κ3) is 5.07. The van der Waals surface area contributed by atoms with Crippen LogP contribution in [0.25, 0.3) is 0 Å².